The van der Waals surface area contributed by atoms with E-state index < -0.39 is 16.1 Å². The molecule has 49 heavy (non-hydrogen) atoms. The van der Waals surface area contributed by atoms with Crippen LogP contribution < -0.4 is 20.7 Å². The molecule has 250 valence electrons. The minimum atomic E-state index is -2.56. The average molecular weight is 677 g/mol. The van der Waals surface area contributed by atoms with E-state index in [9.17, 15) is 4.79 Å². The Kier molecular flexibility index (Phi) is 9.98. The highest BCUT2D eigenvalue weighted by Crippen LogP contribution is 2.49. The Bertz CT molecular complexity index is 1770. The Morgan fingerprint density at radius 3 is 1.35 bits per heavy atom. The zero-order valence-corrected chi connectivity index (χ0v) is 32.2. The van der Waals surface area contributed by atoms with E-state index in [-0.39, 0.29) is 21.8 Å². The highest BCUT2D eigenvalue weighted by atomic mass is 28.3. The summed E-state index contributed by atoms with van der Waals surface area (Å²) in [5.74, 6) is 0.537. The van der Waals surface area contributed by atoms with Crippen molar-refractivity contribution in [3.63, 3.8) is 0 Å². The van der Waals surface area contributed by atoms with Gasteiger partial charge in [-0.1, -0.05) is 215 Å². The molecule has 3 heteroatoms. The van der Waals surface area contributed by atoms with E-state index in [0.717, 1.165) is 24.4 Å². The van der Waals surface area contributed by atoms with Crippen LogP contribution in [0.3, 0.4) is 0 Å². The fourth-order valence-electron chi connectivity index (χ4n) is 8.99. The first-order valence-electron chi connectivity index (χ1n) is 18.0. The number of Topliss-reactive ketones (excluding diaryl/α,β-unsaturated/α-hetero) is 1. The number of hydrogen-bond acceptors (Lipinski definition) is 1. The Morgan fingerprint density at radius 1 is 0.571 bits per heavy atom. The summed E-state index contributed by atoms with van der Waals surface area (Å²) < 4.78 is 0. The summed E-state index contributed by atoms with van der Waals surface area (Å²) in [5.41, 5.74) is 4.87. The molecule has 0 N–H and O–H groups in total. The number of hydrogen-bond donors (Lipinski definition) is 0. The first kappa shape index (κ1) is 34.8. The molecule has 1 nitrogen and oxygen atoms in total. The van der Waals surface area contributed by atoms with Crippen LogP contribution in [-0.2, 0) is 0 Å². The Labute approximate surface area is 297 Å². The van der Waals surface area contributed by atoms with E-state index in [4.69, 9.17) is 0 Å². The van der Waals surface area contributed by atoms with Gasteiger partial charge in [-0.2, -0.15) is 0 Å². The lowest BCUT2D eigenvalue weighted by molar-refractivity contribution is 0.0939. The van der Waals surface area contributed by atoms with Gasteiger partial charge in [-0.25, -0.2) is 0 Å². The Hall–Kier alpha value is -4.06. The van der Waals surface area contributed by atoms with Gasteiger partial charge in [0.05, 0.1) is 0 Å². The van der Waals surface area contributed by atoms with Crippen LogP contribution in [0.25, 0.3) is 0 Å². The van der Waals surface area contributed by atoms with Gasteiger partial charge >= 0.3 is 0 Å². The third kappa shape index (κ3) is 6.63. The van der Waals surface area contributed by atoms with E-state index in [0.29, 0.717) is 5.92 Å². The van der Waals surface area contributed by atoms with Gasteiger partial charge in [0.2, 0.25) is 0 Å². The van der Waals surface area contributed by atoms with Crippen molar-refractivity contribution in [2.24, 2.45) is 11.8 Å². The number of carbonyl (C=O) groups excluding carboxylic acids is 1. The molecule has 2 atom stereocenters. The van der Waals surface area contributed by atoms with Crippen molar-refractivity contribution in [1.29, 1.82) is 0 Å². The standard InChI is InChI=1S/C46H52OSi2/c1-45(2,3)48(39-24-14-8-15-25-39,40-26-16-9-17-27-40)34-36-32-38(43(33-36)44(47)37-22-12-7-13-23-37)35-49(46(4,5)6,41-28-18-10-19-29-41)42-30-20-11-21-31-42/h7-31,35-36,43H,32-34H2,1-6H3/b38-35+. The quantitative estimate of drug-likeness (QED) is 0.112. The molecule has 0 saturated heterocycles. The fourth-order valence-corrected chi connectivity index (χ4v) is 20.0. The number of ketones is 1. The van der Waals surface area contributed by atoms with Crippen molar-refractivity contribution in [1.82, 2.24) is 0 Å². The molecule has 0 radical (unpaired) electrons. The molecule has 2 unspecified atom stereocenters. The molecule has 0 aliphatic heterocycles. The van der Waals surface area contributed by atoms with Gasteiger partial charge in [0.25, 0.3) is 0 Å². The van der Waals surface area contributed by atoms with Crippen molar-refractivity contribution < 1.29 is 4.79 Å². The summed E-state index contributed by atoms with van der Waals surface area (Å²) in [4.78, 5) is 14.7. The van der Waals surface area contributed by atoms with Crippen LogP contribution in [0.2, 0.25) is 16.1 Å². The topological polar surface area (TPSA) is 17.1 Å². The van der Waals surface area contributed by atoms with Crippen molar-refractivity contribution in [2.75, 3.05) is 0 Å². The Balaban J connectivity index is 1.55. The minimum absolute atomic E-state index is 0.0286. The zero-order valence-electron chi connectivity index (χ0n) is 30.2. The van der Waals surface area contributed by atoms with E-state index in [1.54, 1.807) is 0 Å². The van der Waals surface area contributed by atoms with Gasteiger partial charge in [0.15, 0.2) is 5.78 Å². The van der Waals surface area contributed by atoms with Crippen molar-refractivity contribution >= 4 is 42.7 Å². The summed E-state index contributed by atoms with van der Waals surface area (Å²) >= 11 is 0. The lowest BCUT2D eigenvalue weighted by Crippen LogP contribution is -2.64. The van der Waals surface area contributed by atoms with Crippen molar-refractivity contribution in [3.8, 4) is 0 Å². The normalized spacial score (nSPS) is 18.0. The molecule has 5 aromatic rings. The maximum absolute atomic E-state index is 14.7. The van der Waals surface area contributed by atoms with Gasteiger partial charge in [-0.15, -0.1) is 0 Å². The molecule has 1 fully saturated rings. The van der Waals surface area contributed by atoms with Crippen LogP contribution in [0.5, 0.6) is 0 Å². The molecule has 0 bridgehead atoms. The summed E-state index contributed by atoms with van der Waals surface area (Å²) in [6.07, 6.45) is 1.85. The molecule has 0 amide bonds. The molecule has 1 aliphatic rings. The van der Waals surface area contributed by atoms with E-state index >= 15 is 0 Å². The van der Waals surface area contributed by atoms with Gasteiger partial charge < -0.3 is 0 Å². The summed E-state index contributed by atoms with van der Waals surface area (Å²) in [5, 5.41) is 5.83. The van der Waals surface area contributed by atoms with Crippen LogP contribution in [0.15, 0.2) is 163 Å². The molecular weight excluding hydrogens is 625 g/mol. The third-order valence-electron chi connectivity index (χ3n) is 11.4. The van der Waals surface area contributed by atoms with Gasteiger partial charge in [0, 0.05) is 11.5 Å². The summed E-state index contributed by atoms with van der Waals surface area (Å²) in [6, 6.07) is 56.2. The molecule has 1 saturated carbocycles. The highest BCUT2D eigenvalue weighted by Gasteiger charge is 2.52. The molecule has 5 aromatic carbocycles. The van der Waals surface area contributed by atoms with E-state index in [1.165, 1.54) is 26.3 Å². The Morgan fingerprint density at radius 2 is 0.959 bits per heavy atom. The predicted molar refractivity (Wildman–Crippen MR) is 215 cm³/mol. The van der Waals surface area contributed by atoms with Crippen LogP contribution in [0, 0.1) is 11.8 Å². The minimum Gasteiger partial charge on any atom is -0.294 e. The summed E-state index contributed by atoms with van der Waals surface area (Å²) in [7, 11) is -4.90. The summed E-state index contributed by atoms with van der Waals surface area (Å²) in [6.45, 7) is 14.6. The van der Waals surface area contributed by atoms with E-state index in [2.05, 4.69) is 169 Å². The number of benzene rings is 5. The lowest BCUT2D eigenvalue weighted by atomic mass is 9.93. The SMILES string of the molecule is CC(C)(C)[Si](/C=C1\CC(C[Si](c2ccccc2)(c2ccccc2)C(C)(C)C)CC1C(=O)c1ccccc1)(c1ccccc1)c1ccccc1. The number of rotatable bonds is 9. The largest absolute Gasteiger partial charge is 0.294 e. The van der Waals surface area contributed by atoms with E-state index in [1.807, 2.05) is 30.3 Å². The molecular formula is C46H52OSi2. The first-order valence-corrected chi connectivity index (χ1v) is 22.3. The maximum Gasteiger partial charge on any atom is 0.169 e. The molecule has 0 spiro atoms. The monoisotopic (exact) mass is 676 g/mol. The third-order valence-corrected chi connectivity index (χ3v) is 23.4. The van der Waals surface area contributed by atoms with Crippen molar-refractivity contribution in [2.45, 2.75) is 70.5 Å². The number of carbonyl (C=O) groups is 1. The highest BCUT2D eigenvalue weighted by molar-refractivity contribution is 7.08. The van der Waals surface area contributed by atoms with Gasteiger partial charge in [-0.3, -0.25) is 4.79 Å². The van der Waals surface area contributed by atoms with Crippen LogP contribution >= 0.6 is 0 Å². The lowest BCUT2D eigenvalue weighted by Gasteiger charge is -2.46. The first-order chi connectivity index (χ1) is 23.5. The second-order valence-corrected chi connectivity index (χ2v) is 25.6. The average Bonchev–Trinajstić information content (AvgIpc) is 3.51. The number of allylic oxidation sites excluding steroid dienone is 1. The molecule has 6 rings (SSSR count). The van der Waals surface area contributed by atoms with Crippen molar-refractivity contribution in [3.05, 3.63) is 168 Å². The fraction of sp³-hybridized carbons (Fsp3) is 0.283. The van der Waals surface area contributed by atoms with Crippen LogP contribution in [-0.4, -0.2) is 21.9 Å². The smallest absolute Gasteiger partial charge is 0.169 e. The van der Waals surface area contributed by atoms with Gasteiger partial charge in [-0.05, 0) is 45.3 Å². The second-order valence-electron chi connectivity index (χ2n) is 16.2. The predicted octanol–water partition coefficient (Wildman–Crippen LogP) is 9.49. The van der Waals surface area contributed by atoms with Crippen LogP contribution in [0.4, 0.5) is 0 Å². The zero-order chi connectivity index (χ0) is 34.7. The molecule has 0 heterocycles. The molecule has 0 aromatic heterocycles. The molecule has 1 aliphatic carbocycles. The second kappa shape index (κ2) is 14.1. The maximum atomic E-state index is 14.7. The van der Waals surface area contributed by atoms with Crippen LogP contribution in [0.1, 0.15) is 64.7 Å². The van der Waals surface area contributed by atoms with Gasteiger partial charge in [0.1, 0.15) is 16.1 Å².